The zero-order valence-electron chi connectivity index (χ0n) is 10.5. The first-order chi connectivity index (χ1) is 8.55. The van der Waals surface area contributed by atoms with Crippen molar-refractivity contribution in [3.63, 3.8) is 0 Å². The van der Waals surface area contributed by atoms with Crippen molar-refractivity contribution in [3.05, 3.63) is 23.9 Å². The van der Waals surface area contributed by atoms with Crippen molar-refractivity contribution >= 4 is 16.3 Å². The van der Waals surface area contributed by atoms with Gasteiger partial charge >= 0.3 is 0 Å². The number of carbonyl (C=O) groups is 1. The van der Waals surface area contributed by atoms with Gasteiger partial charge in [0.1, 0.15) is 6.10 Å². The highest BCUT2D eigenvalue weighted by Crippen LogP contribution is 2.23. The third-order valence-corrected chi connectivity index (χ3v) is 4.22. The van der Waals surface area contributed by atoms with Gasteiger partial charge in [0, 0.05) is 6.20 Å². The number of aromatic nitrogens is 1. The van der Waals surface area contributed by atoms with Crippen LogP contribution in [0.5, 0.6) is 0 Å². The molecular formula is C12H17NO4S. The summed E-state index contributed by atoms with van der Waals surface area (Å²) in [5.41, 5.74) is 0.658. The maximum Gasteiger partial charge on any atom is 0.293 e. The zero-order valence-corrected chi connectivity index (χ0v) is 11.3. The summed E-state index contributed by atoms with van der Waals surface area (Å²) in [6.07, 6.45) is 2.49. The predicted octanol–water partition coefficient (Wildman–Crippen LogP) is 1.89. The summed E-state index contributed by atoms with van der Waals surface area (Å²) in [4.78, 5) is 14.3. The largest absolute Gasteiger partial charge is 0.460 e. The second kappa shape index (κ2) is 6.49. The first-order valence-corrected chi connectivity index (χ1v) is 7.48. The molecule has 0 amide bonds. The van der Waals surface area contributed by atoms with E-state index >= 15 is 0 Å². The van der Waals surface area contributed by atoms with Gasteiger partial charge in [-0.15, -0.1) is 0 Å². The molecule has 1 aromatic rings. The van der Waals surface area contributed by atoms with Crippen LogP contribution in [0.25, 0.3) is 0 Å². The van der Waals surface area contributed by atoms with Crippen LogP contribution in [0.1, 0.15) is 38.4 Å². The number of rotatable bonds is 7. The fraction of sp³-hybridized carbons (Fsp3) is 0.500. The number of ether oxygens (including phenoxy) is 1. The van der Waals surface area contributed by atoms with Gasteiger partial charge in [0.05, 0.1) is 5.75 Å². The number of carbonyl (C=O) groups excluding carboxylic acids is 1. The molecule has 0 radical (unpaired) electrons. The van der Waals surface area contributed by atoms with E-state index in [0.29, 0.717) is 18.5 Å². The summed E-state index contributed by atoms with van der Waals surface area (Å²) < 4.78 is 28.4. The van der Waals surface area contributed by atoms with Crippen LogP contribution >= 0.6 is 0 Å². The molecule has 0 aliphatic carbocycles. The van der Waals surface area contributed by atoms with E-state index < -0.39 is 15.9 Å². The van der Waals surface area contributed by atoms with E-state index in [9.17, 15) is 13.2 Å². The monoisotopic (exact) mass is 271 g/mol. The number of sulfone groups is 1. The van der Waals surface area contributed by atoms with Gasteiger partial charge in [-0.05, 0) is 24.1 Å². The van der Waals surface area contributed by atoms with Crippen LogP contribution in [0.3, 0.4) is 0 Å². The Kier molecular flexibility index (Phi) is 5.27. The second-order valence-electron chi connectivity index (χ2n) is 3.84. The van der Waals surface area contributed by atoms with Crippen molar-refractivity contribution in [1.29, 1.82) is 0 Å². The molecule has 0 aromatic carbocycles. The van der Waals surface area contributed by atoms with Crippen molar-refractivity contribution < 1.29 is 17.9 Å². The number of pyridine rings is 1. The van der Waals surface area contributed by atoms with Crippen molar-refractivity contribution in [1.82, 2.24) is 4.98 Å². The highest BCUT2D eigenvalue weighted by atomic mass is 32.2. The van der Waals surface area contributed by atoms with Crippen molar-refractivity contribution in [2.24, 2.45) is 0 Å². The lowest BCUT2D eigenvalue weighted by atomic mass is 10.1. The minimum Gasteiger partial charge on any atom is -0.460 e. The first-order valence-electron chi connectivity index (χ1n) is 5.83. The Morgan fingerprint density at radius 3 is 2.72 bits per heavy atom. The molecular weight excluding hydrogens is 254 g/mol. The summed E-state index contributed by atoms with van der Waals surface area (Å²) in [7, 11) is -3.34. The molecule has 18 heavy (non-hydrogen) atoms. The Morgan fingerprint density at radius 2 is 2.17 bits per heavy atom. The van der Waals surface area contributed by atoms with Gasteiger partial charge in [0.25, 0.3) is 6.47 Å². The second-order valence-corrected chi connectivity index (χ2v) is 6.07. The summed E-state index contributed by atoms with van der Waals surface area (Å²) in [6.45, 7) is 3.91. The molecule has 0 bridgehead atoms. The van der Waals surface area contributed by atoms with Gasteiger partial charge in [-0.25, -0.2) is 13.4 Å². The van der Waals surface area contributed by atoms with Gasteiger partial charge in [-0.2, -0.15) is 0 Å². The van der Waals surface area contributed by atoms with Crippen LogP contribution in [0.4, 0.5) is 0 Å². The summed E-state index contributed by atoms with van der Waals surface area (Å²) in [6, 6.07) is 3.14. The van der Waals surface area contributed by atoms with E-state index in [0.717, 1.165) is 6.42 Å². The molecule has 0 saturated carbocycles. The Hall–Kier alpha value is -1.43. The minimum atomic E-state index is -3.34. The maximum atomic E-state index is 11.7. The van der Waals surface area contributed by atoms with Gasteiger partial charge in [0.15, 0.2) is 14.9 Å². The molecule has 1 rings (SSSR count). The lowest BCUT2D eigenvalue weighted by Gasteiger charge is -2.15. The molecule has 1 aromatic heterocycles. The standard InChI is InChI=1S/C12H17NO4S/c1-3-5-11(17-9-14)10-6-7-13-12(8-10)18(15,16)4-2/h6-9,11H,3-5H2,1-2H3. The number of hydrogen-bond acceptors (Lipinski definition) is 5. The lowest BCUT2D eigenvalue weighted by Crippen LogP contribution is -2.09. The summed E-state index contributed by atoms with van der Waals surface area (Å²) in [5.74, 6) is -0.00354. The van der Waals surface area contributed by atoms with Crippen LogP contribution in [-0.4, -0.2) is 25.6 Å². The fourth-order valence-electron chi connectivity index (χ4n) is 1.59. The van der Waals surface area contributed by atoms with Crippen LogP contribution in [-0.2, 0) is 19.4 Å². The average Bonchev–Trinajstić information content (AvgIpc) is 2.38. The quantitative estimate of drug-likeness (QED) is 0.708. The Labute approximate surface area is 107 Å². The smallest absolute Gasteiger partial charge is 0.293 e. The number of nitrogens with zero attached hydrogens (tertiary/aromatic N) is 1. The highest BCUT2D eigenvalue weighted by molar-refractivity contribution is 7.91. The van der Waals surface area contributed by atoms with Gasteiger partial charge in [-0.3, -0.25) is 4.79 Å². The van der Waals surface area contributed by atoms with E-state index in [-0.39, 0.29) is 10.8 Å². The lowest BCUT2D eigenvalue weighted by molar-refractivity contribution is -0.134. The van der Waals surface area contributed by atoms with Crippen LogP contribution < -0.4 is 0 Å². The Bertz CT molecular complexity index is 499. The molecule has 0 aliphatic heterocycles. The van der Waals surface area contributed by atoms with Gasteiger partial charge in [-0.1, -0.05) is 20.3 Å². The van der Waals surface area contributed by atoms with Crippen LogP contribution in [0.15, 0.2) is 23.4 Å². The topological polar surface area (TPSA) is 73.3 Å². The summed E-state index contributed by atoms with van der Waals surface area (Å²) >= 11 is 0. The Morgan fingerprint density at radius 1 is 1.44 bits per heavy atom. The maximum absolute atomic E-state index is 11.7. The zero-order chi connectivity index (χ0) is 13.6. The third kappa shape index (κ3) is 3.53. The molecule has 100 valence electrons. The predicted molar refractivity (Wildman–Crippen MR) is 66.8 cm³/mol. The van der Waals surface area contributed by atoms with Crippen molar-refractivity contribution in [3.8, 4) is 0 Å². The van der Waals surface area contributed by atoms with E-state index in [1.807, 2.05) is 6.92 Å². The average molecular weight is 271 g/mol. The fourth-order valence-corrected chi connectivity index (χ4v) is 2.42. The molecule has 1 atom stereocenters. The van der Waals surface area contributed by atoms with E-state index in [4.69, 9.17) is 4.74 Å². The summed E-state index contributed by atoms with van der Waals surface area (Å²) in [5, 5.41) is 0.0260. The molecule has 0 aliphatic rings. The van der Waals surface area contributed by atoms with E-state index in [2.05, 4.69) is 4.98 Å². The van der Waals surface area contributed by atoms with Crippen molar-refractivity contribution in [2.45, 2.75) is 37.8 Å². The SMILES string of the molecule is CCCC(OC=O)c1ccnc(S(=O)(=O)CC)c1. The third-order valence-electron chi connectivity index (χ3n) is 2.60. The molecule has 0 saturated heterocycles. The van der Waals surface area contributed by atoms with Gasteiger partial charge < -0.3 is 4.74 Å². The number of hydrogen-bond donors (Lipinski definition) is 0. The minimum absolute atomic E-state index is 0.00354. The molecule has 1 unspecified atom stereocenters. The molecule has 6 heteroatoms. The molecule has 0 spiro atoms. The molecule has 5 nitrogen and oxygen atoms in total. The normalized spacial score (nSPS) is 13.0. The van der Waals surface area contributed by atoms with E-state index in [1.54, 1.807) is 13.0 Å². The van der Waals surface area contributed by atoms with Crippen LogP contribution in [0.2, 0.25) is 0 Å². The Balaban J connectivity index is 3.10. The van der Waals surface area contributed by atoms with E-state index in [1.165, 1.54) is 12.3 Å². The molecule has 0 N–H and O–H groups in total. The first kappa shape index (κ1) is 14.6. The molecule has 1 heterocycles. The highest BCUT2D eigenvalue weighted by Gasteiger charge is 2.17. The van der Waals surface area contributed by atoms with Gasteiger partial charge in [0.2, 0.25) is 0 Å². The van der Waals surface area contributed by atoms with Crippen molar-refractivity contribution in [2.75, 3.05) is 5.75 Å². The van der Waals surface area contributed by atoms with Crippen LogP contribution in [0, 0.1) is 0 Å². The molecule has 0 fully saturated rings.